The molecule has 2 unspecified atom stereocenters. The van der Waals surface area contributed by atoms with Gasteiger partial charge in [0.25, 0.3) is 0 Å². The van der Waals surface area contributed by atoms with Crippen LogP contribution in [-0.4, -0.2) is 36.5 Å². The van der Waals surface area contributed by atoms with Gasteiger partial charge in [-0.2, -0.15) is 0 Å². The van der Waals surface area contributed by atoms with Crippen molar-refractivity contribution in [1.29, 1.82) is 0 Å². The number of hydrogen-bond acceptors (Lipinski definition) is 3. The maximum absolute atomic E-state index is 12.9. The van der Waals surface area contributed by atoms with E-state index < -0.39 is 0 Å². The Labute approximate surface area is 168 Å². The Morgan fingerprint density at radius 3 is 2.00 bits per heavy atom. The predicted octanol–water partition coefficient (Wildman–Crippen LogP) is 5.98. The van der Waals surface area contributed by atoms with Gasteiger partial charge in [-0.3, -0.25) is 9.59 Å². The highest BCUT2D eigenvalue weighted by Crippen LogP contribution is 2.17. The Balaban J connectivity index is 4.53. The maximum atomic E-state index is 12.9. The quantitative estimate of drug-likeness (QED) is 0.290. The first-order chi connectivity index (χ1) is 13.0. The van der Waals surface area contributed by atoms with Crippen LogP contribution in [0.2, 0.25) is 0 Å². The van der Waals surface area contributed by atoms with Gasteiger partial charge < -0.3 is 9.64 Å². The molecule has 4 nitrogen and oxygen atoms in total. The number of carbonyl (C=O) groups excluding carboxylic acids is 2. The van der Waals surface area contributed by atoms with Crippen LogP contribution in [0.3, 0.4) is 0 Å². The van der Waals surface area contributed by atoms with Gasteiger partial charge in [-0.25, -0.2) is 0 Å². The van der Waals surface area contributed by atoms with E-state index in [2.05, 4.69) is 34.6 Å². The van der Waals surface area contributed by atoms with Gasteiger partial charge in [-0.15, -0.1) is 0 Å². The average molecular weight is 384 g/mol. The standard InChI is InChI=1S/C23H45NO3/c1-6-11-14-20(9-4)19-27-22(25)16-18-24(17-13-8-3)23(26)21(10-5)15-12-7-2/h20-21H,6-19H2,1-5H3. The lowest BCUT2D eigenvalue weighted by molar-refractivity contribution is -0.146. The molecule has 0 aromatic carbocycles. The van der Waals surface area contributed by atoms with Gasteiger partial charge in [0, 0.05) is 19.0 Å². The fourth-order valence-electron chi connectivity index (χ4n) is 3.30. The monoisotopic (exact) mass is 383 g/mol. The SMILES string of the molecule is CCCCC(CC)COC(=O)CCN(CCCC)C(=O)C(CC)CCCC. The molecule has 0 aliphatic heterocycles. The highest BCUT2D eigenvalue weighted by Gasteiger charge is 2.23. The first-order valence-electron chi connectivity index (χ1n) is 11.5. The molecule has 0 spiro atoms. The van der Waals surface area contributed by atoms with E-state index in [4.69, 9.17) is 4.74 Å². The van der Waals surface area contributed by atoms with Crippen molar-refractivity contribution in [1.82, 2.24) is 4.90 Å². The van der Waals surface area contributed by atoms with Crippen molar-refractivity contribution in [2.24, 2.45) is 11.8 Å². The first-order valence-corrected chi connectivity index (χ1v) is 11.5. The van der Waals surface area contributed by atoms with Gasteiger partial charge in [0.1, 0.15) is 0 Å². The zero-order chi connectivity index (χ0) is 20.5. The van der Waals surface area contributed by atoms with Crippen LogP contribution >= 0.6 is 0 Å². The second-order valence-corrected chi connectivity index (χ2v) is 7.78. The molecule has 0 bridgehead atoms. The van der Waals surface area contributed by atoms with E-state index >= 15 is 0 Å². The summed E-state index contributed by atoms with van der Waals surface area (Å²) in [6.07, 6.45) is 10.9. The Morgan fingerprint density at radius 1 is 0.815 bits per heavy atom. The van der Waals surface area contributed by atoms with Crippen molar-refractivity contribution < 1.29 is 14.3 Å². The second-order valence-electron chi connectivity index (χ2n) is 7.78. The highest BCUT2D eigenvalue weighted by molar-refractivity contribution is 5.79. The molecule has 0 rings (SSSR count). The summed E-state index contributed by atoms with van der Waals surface area (Å²) in [4.78, 5) is 27.0. The van der Waals surface area contributed by atoms with Crippen LogP contribution in [0.15, 0.2) is 0 Å². The van der Waals surface area contributed by atoms with Crippen molar-refractivity contribution >= 4 is 11.9 Å². The molecule has 160 valence electrons. The Morgan fingerprint density at radius 2 is 1.44 bits per heavy atom. The minimum atomic E-state index is -0.166. The molecule has 0 aliphatic rings. The van der Waals surface area contributed by atoms with Crippen LogP contribution < -0.4 is 0 Å². The largest absolute Gasteiger partial charge is 0.465 e. The van der Waals surface area contributed by atoms with Crippen LogP contribution in [0, 0.1) is 11.8 Å². The Hall–Kier alpha value is -1.06. The molecule has 2 atom stereocenters. The van der Waals surface area contributed by atoms with Crippen molar-refractivity contribution in [3.05, 3.63) is 0 Å². The molecule has 0 radical (unpaired) electrons. The lowest BCUT2D eigenvalue weighted by Crippen LogP contribution is -2.38. The normalized spacial score (nSPS) is 13.2. The molecule has 4 heteroatoms. The van der Waals surface area contributed by atoms with E-state index in [0.29, 0.717) is 25.5 Å². The lowest BCUT2D eigenvalue weighted by Gasteiger charge is -2.27. The summed E-state index contributed by atoms with van der Waals surface area (Å²) in [6, 6.07) is 0. The van der Waals surface area contributed by atoms with Crippen LogP contribution in [0.25, 0.3) is 0 Å². The minimum Gasteiger partial charge on any atom is -0.465 e. The fourth-order valence-corrected chi connectivity index (χ4v) is 3.30. The number of rotatable bonds is 17. The average Bonchev–Trinajstić information content (AvgIpc) is 2.68. The third-order valence-corrected chi connectivity index (χ3v) is 5.45. The zero-order valence-corrected chi connectivity index (χ0v) is 18.7. The number of hydrogen-bond donors (Lipinski definition) is 0. The van der Waals surface area contributed by atoms with Gasteiger partial charge in [0.15, 0.2) is 0 Å². The fraction of sp³-hybridized carbons (Fsp3) is 0.913. The van der Waals surface area contributed by atoms with E-state index in [-0.39, 0.29) is 17.8 Å². The van der Waals surface area contributed by atoms with Gasteiger partial charge in [-0.05, 0) is 31.6 Å². The first kappa shape index (κ1) is 25.9. The summed E-state index contributed by atoms with van der Waals surface area (Å²) in [5.41, 5.74) is 0. The summed E-state index contributed by atoms with van der Waals surface area (Å²) >= 11 is 0. The van der Waals surface area contributed by atoms with E-state index in [1.54, 1.807) is 0 Å². The molecule has 0 aromatic rings. The van der Waals surface area contributed by atoms with Gasteiger partial charge in [-0.1, -0.05) is 73.1 Å². The number of amides is 1. The minimum absolute atomic E-state index is 0.0938. The van der Waals surface area contributed by atoms with Crippen molar-refractivity contribution in [2.75, 3.05) is 19.7 Å². The van der Waals surface area contributed by atoms with E-state index in [1.165, 1.54) is 12.8 Å². The van der Waals surface area contributed by atoms with E-state index in [9.17, 15) is 9.59 Å². The van der Waals surface area contributed by atoms with Crippen LogP contribution in [0.4, 0.5) is 0 Å². The zero-order valence-electron chi connectivity index (χ0n) is 18.7. The third-order valence-electron chi connectivity index (χ3n) is 5.45. The Kier molecular flexibility index (Phi) is 16.4. The molecule has 0 saturated carbocycles. The second kappa shape index (κ2) is 17.1. The molecule has 0 N–H and O–H groups in total. The molecular weight excluding hydrogens is 338 g/mol. The molecule has 0 saturated heterocycles. The molecule has 0 aromatic heterocycles. The van der Waals surface area contributed by atoms with Crippen molar-refractivity contribution in [3.8, 4) is 0 Å². The van der Waals surface area contributed by atoms with Crippen molar-refractivity contribution in [3.63, 3.8) is 0 Å². The summed E-state index contributed by atoms with van der Waals surface area (Å²) in [5.74, 6) is 0.615. The molecule has 1 amide bonds. The maximum Gasteiger partial charge on any atom is 0.307 e. The smallest absolute Gasteiger partial charge is 0.307 e. The van der Waals surface area contributed by atoms with E-state index in [0.717, 1.165) is 57.9 Å². The topological polar surface area (TPSA) is 46.6 Å². The molecule has 27 heavy (non-hydrogen) atoms. The molecule has 0 aliphatic carbocycles. The summed E-state index contributed by atoms with van der Waals surface area (Å²) in [7, 11) is 0. The summed E-state index contributed by atoms with van der Waals surface area (Å²) in [5, 5.41) is 0. The molecule has 0 heterocycles. The number of ether oxygens (including phenoxy) is 1. The van der Waals surface area contributed by atoms with Crippen LogP contribution in [0.1, 0.15) is 105 Å². The molecule has 0 fully saturated rings. The predicted molar refractivity (Wildman–Crippen MR) is 114 cm³/mol. The Bertz CT molecular complexity index is 384. The number of carbonyl (C=O) groups is 2. The van der Waals surface area contributed by atoms with Crippen LogP contribution in [-0.2, 0) is 14.3 Å². The lowest BCUT2D eigenvalue weighted by atomic mass is 9.97. The summed E-state index contributed by atoms with van der Waals surface area (Å²) < 4.78 is 5.50. The van der Waals surface area contributed by atoms with Gasteiger partial charge >= 0.3 is 5.97 Å². The molecular formula is C23H45NO3. The van der Waals surface area contributed by atoms with Gasteiger partial charge in [0.2, 0.25) is 5.91 Å². The van der Waals surface area contributed by atoms with E-state index in [1.807, 2.05) is 4.90 Å². The van der Waals surface area contributed by atoms with Crippen molar-refractivity contribution in [2.45, 2.75) is 105 Å². The number of esters is 1. The van der Waals surface area contributed by atoms with Gasteiger partial charge in [0.05, 0.1) is 13.0 Å². The highest BCUT2D eigenvalue weighted by atomic mass is 16.5. The number of nitrogens with zero attached hydrogens (tertiary/aromatic N) is 1. The van der Waals surface area contributed by atoms with Crippen LogP contribution in [0.5, 0.6) is 0 Å². The number of unbranched alkanes of at least 4 members (excludes halogenated alkanes) is 3. The summed E-state index contributed by atoms with van der Waals surface area (Å²) in [6.45, 7) is 12.5. The third kappa shape index (κ3) is 12.1.